The Morgan fingerprint density at radius 3 is 2.48 bits per heavy atom. The van der Waals surface area contributed by atoms with Gasteiger partial charge in [0.05, 0.1) is 4.90 Å². The minimum Gasteiger partial charge on any atom is -0.312 e. The smallest absolute Gasteiger partial charge is 0.240 e. The van der Waals surface area contributed by atoms with E-state index in [4.69, 9.17) is 0 Å². The largest absolute Gasteiger partial charge is 0.312 e. The standard InChI is InChI=1S/C19H26N2O3S/c22-19(14-5-3-6-14)21-12-4-7-15-13-17(10-11-18(15)21)25(23,24)20-16-8-1-2-9-16/h10-11,13-14,16,20H,1-9,12H2. The second-order valence-electron chi connectivity index (χ2n) is 7.61. The lowest BCUT2D eigenvalue weighted by Gasteiger charge is -2.35. The van der Waals surface area contributed by atoms with E-state index in [1.165, 1.54) is 0 Å². The summed E-state index contributed by atoms with van der Waals surface area (Å²) in [6.45, 7) is 0.745. The van der Waals surface area contributed by atoms with Crippen molar-refractivity contribution in [2.24, 2.45) is 5.92 Å². The molecule has 0 atom stereocenters. The Bertz CT molecular complexity index is 765. The third kappa shape index (κ3) is 3.34. The number of anilines is 1. The summed E-state index contributed by atoms with van der Waals surface area (Å²) in [5.74, 6) is 0.380. The van der Waals surface area contributed by atoms with Gasteiger partial charge in [-0.15, -0.1) is 0 Å². The van der Waals surface area contributed by atoms with Crippen LogP contribution in [0.1, 0.15) is 56.9 Å². The Kier molecular flexibility index (Phi) is 4.58. The Balaban J connectivity index is 1.57. The van der Waals surface area contributed by atoms with Crippen molar-refractivity contribution in [1.29, 1.82) is 0 Å². The van der Waals surface area contributed by atoms with Crippen molar-refractivity contribution in [1.82, 2.24) is 4.72 Å². The van der Waals surface area contributed by atoms with Crippen LogP contribution in [0.25, 0.3) is 0 Å². The van der Waals surface area contributed by atoms with Crippen molar-refractivity contribution in [2.45, 2.75) is 68.7 Å². The first-order valence-electron chi connectivity index (χ1n) is 9.51. The summed E-state index contributed by atoms with van der Waals surface area (Å²) < 4.78 is 28.2. The third-order valence-electron chi connectivity index (χ3n) is 5.88. The molecule has 0 radical (unpaired) electrons. The fourth-order valence-electron chi connectivity index (χ4n) is 4.18. The second-order valence-corrected chi connectivity index (χ2v) is 9.33. The molecule has 25 heavy (non-hydrogen) atoms. The van der Waals surface area contributed by atoms with Crippen LogP contribution in [0.4, 0.5) is 5.69 Å². The molecule has 0 spiro atoms. The third-order valence-corrected chi connectivity index (χ3v) is 7.40. The van der Waals surface area contributed by atoms with E-state index in [0.717, 1.165) is 75.6 Å². The molecule has 2 aliphatic carbocycles. The Morgan fingerprint density at radius 2 is 1.80 bits per heavy atom. The van der Waals surface area contributed by atoms with Gasteiger partial charge in [-0.1, -0.05) is 19.3 Å². The fraction of sp³-hybridized carbons (Fsp3) is 0.632. The molecule has 4 rings (SSSR count). The number of nitrogens with zero attached hydrogens (tertiary/aromatic N) is 1. The molecule has 136 valence electrons. The van der Waals surface area contributed by atoms with Gasteiger partial charge >= 0.3 is 0 Å². The number of aryl methyl sites for hydroxylation is 1. The maximum atomic E-state index is 12.7. The Hall–Kier alpha value is -1.40. The number of nitrogens with one attached hydrogen (secondary N) is 1. The maximum Gasteiger partial charge on any atom is 0.240 e. The van der Waals surface area contributed by atoms with Crippen molar-refractivity contribution in [3.05, 3.63) is 23.8 Å². The van der Waals surface area contributed by atoms with E-state index in [-0.39, 0.29) is 17.9 Å². The quantitative estimate of drug-likeness (QED) is 0.895. The zero-order valence-electron chi connectivity index (χ0n) is 14.5. The average molecular weight is 362 g/mol. The molecule has 0 unspecified atom stereocenters. The van der Waals surface area contributed by atoms with Crippen LogP contribution >= 0.6 is 0 Å². The number of rotatable bonds is 4. The maximum absolute atomic E-state index is 12.7. The van der Waals surface area contributed by atoms with Gasteiger partial charge in [-0.3, -0.25) is 4.79 Å². The van der Waals surface area contributed by atoms with E-state index in [9.17, 15) is 13.2 Å². The molecular weight excluding hydrogens is 336 g/mol. The van der Waals surface area contributed by atoms with Crippen molar-refractivity contribution < 1.29 is 13.2 Å². The van der Waals surface area contributed by atoms with Crippen LogP contribution < -0.4 is 9.62 Å². The summed E-state index contributed by atoms with van der Waals surface area (Å²) >= 11 is 0. The summed E-state index contributed by atoms with van der Waals surface area (Å²) in [5.41, 5.74) is 1.89. The molecule has 1 heterocycles. The van der Waals surface area contributed by atoms with Crippen LogP contribution in [-0.4, -0.2) is 26.9 Å². The molecule has 2 saturated carbocycles. The Morgan fingerprint density at radius 1 is 1.04 bits per heavy atom. The number of benzene rings is 1. The highest BCUT2D eigenvalue weighted by Crippen LogP contribution is 2.35. The molecule has 6 heteroatoms. The highest BCUT2D eigenvalue weighted by atomic mass is 32.2. The molecule has 0 aromatic heterocycles. The molecule has 3 aliphatic rings. The van der Waals surface area contributed by atoms with Crippen LogP contribution in [0.3, 0.4) is 0 Å². The molecule has 2 fully saturated rings. The van der Waals surface area contributed by atoms with Crippen LogP contribution in [0, 0.1) is 5.92 Å². The number of sulfonamides is 1. The lowest BCUT2D eigenvalue weighted by Crippen LogP contribution is -2.42. The van der Waals surface area contributed by atoms with Gasteiger partial charge in [-0.05, 0) is 62.3 Å². The normalized spacial score (nSPS) is 21.8. The van der Waals surface area contributed by atoms with Crippen molar-refractivity contribution in [2.75, 3.05) is 11.4 Å². The lowest BCUT2D eigenvalue weighted by molar-refractivity contribution is -0.124. The van der Waals surface area contributed by atoms with E-state index >= 15 is 0 Å². The minimum absolute atomic E-state index is 0.0673. The molecule has 1 N–H and O–H groups in total. The summed E-state index contributed by atoms with van der Waals surface area (Å²) in [6.07, 6.45) is 8.88. The van der Waals surface area contributed by atoms with Crippen molar-refractivity contribution in [3.8, 4) is 0 Å². The van der Waals surface area contributed by atoms with E-state index in [1.807, 2.05) is 11.0 Å². The zero-order valence-corrected chi connectivity index (χ0v) is 15.4. The average Bonchev–Trinajstić information content (AvgIpc) is 3.04. The van der Waals surface area contributed by atoms with Gasteiger partial charge in [0.2, 0.25) is 15.9 Å². The monoisotopic (exact) mass is 362 g/mol. The first kappa shape index (κ1) is 17.0. The molecule has 0 saturated heterocycles. The highest BCUT2D eigenvalue weighted by Gasteiger charge is 2.33. The van der Waals surface area contributed by atoms with E-state index in [0.29, 0.717) is 4.90 Å². The van der Waals surface area contributed by atoms with Gasteiger partial charge in [0, 0.05) is 24.2 Å². The van der Waals surface area contributed by atoms with Gasteiger partial charge < -0.3 is 4.90 Å². The predicted molar refractivity (Wildman–Crippen MR) is 97.0 cm³/mol. The summed E-state index contributed by atoms with van der Waals surface area (Å²) in [4.78, 5) is 14.9. The Labute approximate surface area is 149 Å². The van der Waals surface area contributed by atoms with Crippen molar-refractivity contribution >= 4 is 21.6 Å². The molecule has 1 amide bonds. The van der Waals surface area contributed by atoms with Crippen LogP contribution in [-0.2, 0) is 21.2 Å². The minimum atomic E-state index is -3.48. The van der Waals surface area contributed by atoms with Gasteiger partial charge in [-0.25, -0.2) is 13.1 Å². The number of carbonyl (C=O) groups excluding carboxylic acids is 1. The molecule has 1 aromatic carbocycles. The van der Waals surface area contributed by atoms with Gasteiger partial charge in [0.15, 0.2) is 0 Å². The number of hydrogen-bond acceptors (Lipinski definition) is 3. The lowest BCUT2D eigenvalue weighted by atomic mass is 9.83. The molecule has 0 bridgehead atoms. The van der Waals surface area contributed by atoms with E-state index < -0.39 is 10.0 Å². The van der Waals surface area contributed by atoms with Crippen LogP contribution in [0.5, 0.6) is 0 Å². The predicted octanol–water partition coefficient (Wildman–Crippen LogP) is 2.99. The summed E-state index contributed by atoms with van der Waals surface area (Å²) in [7, 11) is -3.48. The van der Waals surface area contributed by atoms with Gasteiger partial charge in [-0.2, -0.15) is 0 Å². The van der Waals surface area contributed by atoms with Crippen molar-refractivity contribution in [3.63, 3.8) is 0 Å². The summed E-state index contributed by atoms with van der Waals surface area (Å²) in [5, 5.41) is 0. The van der Waals surface area contributed by atoms with Crippen LogP contribution in [0.2, 0.25) is 0 Å². The number of hydrogen-bond donors (Lipinski definition) is 1. The van der Waals surface area contributed by atoms with Gasteiger partial charge in [0.25, 0.3) is 0 Å². The topological polar surface area (TPSA) is 66.5 Å². The molecule has 5 nitrogen and oxygen atoms in total. The molecular formula is C19H26N2O3S. The first-order chi connectivity index (χ1) is 12.0. The van der Waals surface area contributed by atoms with Gasteiger partial charge in [0.1, 0.15) is 0 Å². The molecule has 1 aromatic rings. The number of amides is 1. The fourth-order valence-corrected chi connectivity index (χ4v) is 5.53. The number of carbonyl (C=O) groups is 1. The molecule has 1 aliphatic heterocycles. The van der Waals surface area contributed by atoms with E-state index in [1.54, 1.807) is 12.1 Å². The van der Waals surface area contributed by atoms with E-state index in [2.05, 4.69) is 4.72 Å². The van der Waals surface area contributed by atoms with Crippen LogP contribution in [0.15, 0.2) is 23.1 Å². The second kappa shape index (κ2) is 6.72. The first-order valence-corrected chi connectivity index (χ1v) is 11.0. The summed E-state index contributed by atoms with van der Waals surface area (Å²) in [6, 6.07) is 5.32. The number of fused-ring (bicyclic) bond motifs is 1. The highest BCUT2D eigenvalue weighted by molar-refractivity contribution is 7.89. The zero-order chi connectivity index (χ0) is 17.4. The SMILES string of the molecule is O=C(C1CCC1)N1CCCc2cc(S(=O)(=O)NC3CCCC3)ccc21.